The van der Waals surface area contributed by atoms with Crippen molar-refractivity contribution in [3.8, 4) is 0 Å². The maximum absolute atomic E-state index is 6.00. The number of ether oxygens (including phenoxy) is 1. The van der Waals surface area contributed by atoms with E-state index in [0.29, 0.717) is 6.04 Å². The fourth-order valence-corrected chi connectivity index (χ4v) is 2.62. The molecule has 2 rings (SSSR count). The van der Waals surface area contributed by atoms with Crippen LogP contribution in [0.1, 0.15) is 32.1 Å². The summed E-state index contributed by atoms with van der Waals surface area (Å²) < 4.78 is 5.48. The minimum absolute atomic E-state index is 0.410. The summed E-state index contributed by atoms with van der Waals surface area (Å²) >= 11 is 0. The summed E-state index contributed by atoms with van der Waals surface area (Å²) in [5, 5.41) is 0. The molecule has 0 bridgehead atoms. The first-order chi connectivity index (χ1) is 6.86. The van der Waals surface area contributed by atoms with Crippen molar-refractivity contribution in [1.29, 1.82) is 0 Å². The molecule has 0 amide bonds. The van der Waals surface area contributed by atoms with E-state index in [2.05, 4.69) is 4.90 Å². The molecule has 0 radical (unpaired) electrons. The molecule has 0 aromatic heterocycles. The molecule has 2 atom stereocenters. The third kappa shape index (κ3) is 2.69. The van der Waals surface area contributed by atoms with Crippen molar-refractivity contribution < 1.29 is 4.74 Å². The number of piperidine rings is 1. The third-order valence-corrected chi connectivity index (χ3v) is 3.43. The van der Waals surface area contributed by atoms with Crippen LogP contribution in [-0.4, -0.2) is 43.3 Å². The summed E-state index contributed by atoms with van der Waals surface area (Å²) in [5.74, 6) is 0. The highest BCUT2D eigenvalue weighted by molar-refractivity contribution is 4.81. The Hall–Kier alpha value is -0.120. The lowest BCUT2D eigenvalue weighted by Crippen LogP contribution is -2.47. The molecule has 3 heteroatoms. The van der Waals surface area contributed by atoms with Crippen LogP contribution in [-0.2, 0) is 4.74 Å². The largest absolute Gasteiger partial charge is 0.381 e. The van der Waals surface area contributed by atoms with Crippen molar-refractivity contribution >= 4 is 0 Å². The van der Waals surface area contributed by atoms with Gasteiger partial charge in [-0.25, -0.2) is 0 Å². The van der Waals surface area contributed by atoms with Crippen molar-refractivity contribution in [1.82, 2.24) is 4.90 Å². The summed E-state index contributed by atoms with van der Waals surface area (Å²) in [6.45, 7) is 4.25. The SMILES string of the molecule is NC1CCCN(C2CCCOCC2)C1. The van der Waals surface area contributed by atoms with E-state index in [0.717, 1.165) is 25.8 Å². The second-order valence-electron chi connectivity index (χ2n) is 4.59. The highest BCUT2D eigenvalue weighted by Crippen LogP contribution is 2.19. The Labute approximate surface area is 86.6 Å². The molecule has 2 fully saturated rings. The lowest BCUT2D eigenvalue weighted by Gasteiger charge is -2.36. The van der Waals surface area contributed by atoms with Gasteiger partial charge in [-0.05, 0) is 38.6 Å². The molecule has 0 aliphatic carbocycles. The normalized spacial score (nSPS) is 36.6. The predicted molar refractivity (Wildman–Crippen MR) is 57.2 cm³/mol. The van der Waals surface area contributed by atoms with Crippen molar-refractivity contribution in [2.75, 3.05) is 26.3 Å². The molecule has 0 spiro atoms. The Kier molecular flexibility index (Phi) is 3.79. The van der Waals surface area contributed by atoms with Gasteiger partial charge in [0, 0.05) is 31.8 Å². The minimum Gasteiger partial charge on any atom is -0.381 e. The van der Waals surface area contributed by atoms with Gasteiger partial charge in [-0.2, -0.15) is 0 Å². The molecule has 82 valence electrons. The summed E-state index contributed by atoms with van der Waals surface area (Å²) in [7, 11) is 0. The van der Waals surface area contributed by atoms with E-state index in [4.69, 9.17) is 10.5 Å². The van der Waals surface area contributed by atoms with Gasteiger partial charge in [0.15, 0.2) is 0 Å². The van der Waals surface area contributed by atoms with Gasteiger partial charge in [-0.15, -0.1) is 0 Å². The van der Waals surface area contributed by atoms with Crippen LogP contribution < -0.4 is 5.73 Å². The van der Waals surface area contributed by atoms with E-state index in [1.807, 2.05) is 0 Å². The van der Waals surface area contributed by atoms with Gasteiger partial charge in [0.25, 0.3) is 0 Å². The minimum atomic E-state index is 0.410. The van der Waals surface area contributed by atoms with E-state index >= 15 is 0 Å². The Morgan fingerprint density at radius 1 is 1.07 bits per heavy atom. The number of nitrogens with two attached hydrogens (primary N) is 1. The standard InChI is InChI=1S/C11H22N2O/c12-10-3-1-6-13(9-10)11-4-2-7-14-8-5-11/h10-11H,1-9,12H2. The molecule has 2 unspecified atom stereocenters. The highest BCUT2D eigenvalue weighted by atomic mass is 16.5. The molecule has 14 heavy (non-hydrogen) atoms. The van der Waals surface area contributed by atoms with Gasteiger partial charge in [0.1, 0.15) is 0 Å². The van der Waals surface area contributed by atoms with Crippen molar-refractivity contribution in [2.24, 2.45) is 5.73 Å². The molecule has 2 heterocycles. The predicted octanol–water partition coefficient (Wildman–Crippen LogP) is 0.979. The van der Waals surface area contributed by atoms with Crippen LogP contribution in [0.2, 0.25) is 0 Å². The van der Waals surface area contributed by atoms with Crippen LogP contribution in [0.25, 0.3) is 0 Å². The number of nitrogens with zero attached hydrogens (tertiary/aromatic N) is 1. The molecular formula is C11H22N2O. The lowest BCUT2D eigenvalue weighted by molar-refractivity contribution is 0.114. The molecule has 3 nitrogen and oxygen atoms in total. The van der Waals surface area contributed by atoms with Gasteiger partial charge in [0.05, 0.1) is 0 Å². The average molecular weight is 198 g/mol. The molecule has 0 aromatic carbocycles. The second-order valence-corrected chi connectivity index (χ2v) is 4.59. The smallest absolute Gasteiger partial charge is 0.0480 e. The quantitative estimate of drug-likeness (QED) is 0.682. The number of hydrogen-bond donors (Lipinski definition) is 1. The Bertz CT molecular complexity index is 167. The summed E-state index contributed by atoms with van der Waals surface area (Å²) in [6, 6.07) is 1.15. The monoisotopic (exact) mass is 198 g/mol. The average Bonchev–Trinajstić information content (AvgIpc) is 2.45. The van der Waals surface area contributed by atoms with Gasteiger partial charge >= 0.3 is 0 Å². The zero-order chi connectivity index (χ0) is 9.80. The Balaban J connectivity index is 1.85. The molecule has 0 saturated carbocycles. The third-order valence-electron chi connectivity index (χ3n) is 3.43. The molecule has 2 aliphatic rings. The van der Waals surface area contributed by atoms with Crippen molar-refractivity contribution in [3.05, 3.63) is 0 Å². The fourth-order valence-electron chi connectivity index (χ4n) is 2.62. The Morgan fingerprint density at radius 2 is 2.00 bits per heavy atom. The van der Waals surface area contributed by atoms with Gasteiger partial charge in [-0.3, -0.25) is 4.90 Å². The summed E-state index contributed by atoms with van der Waals surface area (Å²) in [6.07, 6.45) is 6.20. The van der Waals surface area contributed by atoms with Crippen LogP contribution in [0, 0.1) is 0 Å². The van der Waals surface area contributed by atoms with Gasteiger partial charge in [-0.1, -0.05) is 0 Å². The van der Waals surface area contributed by atoms with Gasteiger partial charge in [0.2, 0.25) is 0 Å². The van der Waals surface area contributed by atoms with Crippen LogP contribution in [0.4, 0.5) is 0 Å². The highest BCUT2D eigenvalue weighted by Gasteiger charge is 2.24. The van der Waals surface area contributed by atoms with E-state index in [-0.39, 0.29) is 0 Å². The van der Waals surface area contributed by atoms with E-state index < -0.39 is 0 Å². The number of likely N-dealkylation sites (tertiary alicyclic amines) is 1. The van der Waals surface area contributed by atoms with E-state index in [1.165, 1.54) is 38.6 Å². The second kappa shape index (κ2) is 5.10. The fraction of sp³-hybridized carbons (Fsp3) is 1.00. The van der Waals surface area contributed by atoms with E-state index in [1.54, 1.807) is 0 Å². The Morgan fingerprint density at radius 3 is 2.86 bits per heavy atom. The zero-order valence-electron chi connectivity index (χ0n) is 8.95. The molecule has 2 N–H and O–H groups in total. The van der Waals surface area contributed by atoms with Crippen LogP contribution in [0.5, 0.6) is 0 Å². The van der Waals surface area contributed by atoms with Crippen molar-refractivity contribution in [2.45, 2.75) is 44.2 Å². The first-order valence-corrected chi connectivity index (χ1v) is 5.93. The summed E-state index contributed by atoms with van der Waals surface area (Å²) in [5.41, 5.74) is 6.00. The van der Waals surface area contributed by atoms with Crippen LogP contribution in [0.15, 0.2) is 0 Å². The maximum atomic E-state index is 6.00. The number of hydrogen-bond acceptors (Lipinski definition) is 3. The molecule has 0 aromatic rings. The molecule has 2 saturated heterocycles. The van der Waals surface area contributed by atoms with Crippen LogP contribution >= 0.6 is 0 Å². The summed E-state index contributed by atoms with van der Waals surface area (Å²) in [4.78, 5) is 2.59. The van der Waals surface area contributed by atoms with Gasteiger partial charge < -0.3 is 10.5 Å². The first-order valence-electron chi connectivity index (χ1n) is 5.93. The zero-order valence-corrected chi connectivity index (χ0v) is 8.95. The number of rotatable bonds is 1. The van der Waals surface area contributed by atoms with E-state index in [9.17, 15) is 0 Å². The topological polar surface area (TPSA) is 38.5 Å². The first kappa shape index (κ1) is 10.4. The lowest BCUT2D eigenvalue weighted by atomic mass is 10.0. The molecule has 2 aliphatic heterocycles. The van der Waals surface area contributed by atoms with Crippen molar-refractivity contribution in [3.63, 3.8) is 0 Å². The molecular weight excluding hydrogens is 176 g/mol. The maximum Gasteiger partial charge on any atom is 0.0480 e. The van der Waals surface area contributed by atoms with Crippen LogP contribution in [0.3, 0.4) is 0 Å².